The van der Waals surface area contributed by atoms with Gasteiger partial charge in [-0.3, -0.25) is 0 Å². The van der Waals surface area contributed by atoms with E-state index < -0.39 is 9.84 Å². The number of benzene rings is 5. The number of sulfone groups is 1. The highest BCUT2D eigenvalue weighted by Gasteiger charge is 2.23. The molecule has 5 aromatic rings. The number of hydrogen-bond donors (Lipinski definition) is 0. The van der Waals surface area contributed by atoms with Gasteiger partial charge in [-0.15, -0.1) is 0 Å². The molecule has 160 valence electrons. The maximum Gasteiger partial charge on any atom is 0.206 e. The lowest BCUT2D eigenvalue weighted by atomic mass is 9.97. The molecule has 0 radical (unpaired) electrons. The van der Waals surface area contributed by atoms with E-state index in [-0.39, 0.29) is 9.79 Å². The molecule has 6 rings (SSSR count). The van der Waals surface area contributed by atoms with Crippen LogP contribution in [0.5, 0.6) is 23.0 Å². The van der Waals surface area contributed by atoms with E-state index in [1.165, 1.54) is 0 Å². The zero-order chi connectivity index (χ0) is 22.4. The molecule has 0 spiro atoms. The van der Waals surface area contributed by atoms with Crippen LogP contribution in [0, 0.1) is 0 Å². The Morgan fingerprint density at radius 1 is 0.515 bits per heavy atom. The summed E-state index contributed by atoms with van der Waals surface area (Å²) in [5.74, 6) is 2.65. The summed E-state index contributed by atoms with van der Waals surface area (Å²) in [7, 11) is -3.57. The lowest BCUT2D eigenvalue weighted by Crippen LogP contribution is -2.02. The van der Waals surface area contributed by atoms with Gasteiger partial charge in [0.25, 0.3) is 0 Å². The molecule has 0 fully saturated rings. The monoisotopic (exact) mass is 450 g/mol. The summed E-state index contributed by atoms with van der Waals surface area (Å²) in [6.07, 6.45) is 0. The minimum atomic E-state index is -3.57. The van der Waals surface area contributed by atoms with Crippen molar-refractivity contribution in [1.29, 1.82) is 0 Å². The highest BCUT2D eigenvalue weighted by molar-refractivity contribution is 7.91. The van der Waals surface area contributed by atoms with Crippen molar-refractivity contribution in [2.45, 2.75) is 9.79 Å². The summed E-state index contributed by atoms with van der Waals surface area (Å²) in [6, 6.07) is 32.9. The number of para-hydroxylation sites is 2. The van der Waals surface area contributed by atoms with Crippen LogP contribution in [0.1, 0.15) is 0 Å². The lowest BCUT2D eigenvalue weighted by Gasteiger charge is -2.23. The second-order valence-electron chi connectivity index (χ2n) is 7.79. The quantitative estimate of drug-likeness (QED) is 0.285. The largest absolute Gasteiger partial charge is 0.449 e. The first-order chi connectivity index (χ1) is 16.1. The predicted molar refractivity (Wildman–Crippen MR) is 128 cm³/mol. The van der Waals surface area contributed by atoms with Crippen LogP contribution in [0.25, 0.3) is 21.9 Å². The molecule has 5 heteroatoms. The topological polar surface area (TPSA) is 52.6 Å². The molecule has 0 saturated carbocycles. The van der Waals surface area contributed by atoms with Crippen LogP contribution in [0.3, 0.4) is 0 Å². The van der Waals surface area contributed by atoms with E-state index in [1.54, 1.807) is 42.5 Å². The summed E-state index contributed by atoms with van der Waals surface area (Å²) in [6.45, 7) is 0. The predicted octanol–water partition coefficient (Wildman–Crippen LogP) is 7.24. The van der Waals surface area contributed by atoms with Crippen LogP contribution < -0.4 is 9.47 Å². The van der Waals surface area contributed by atoms with Crippen molar-refractivity contribution in [3.63, 3.8) is 0 Å². The zero-order valence-electron chi connectivity index (χ0n) is 17.4. The molecule has 0 atom stereocenters. The average Bonchev–Trinajstić information content (AvgIpc) is 2.88. The van der Waals surface area contributed by atoms with Gasteiger partial charge in [0.15, 0.2) is 23.0 Å². The van der Waals surface area contributed by atoms with Gasteiger partial charge in [0.1, 0.15) is 0 Å². The van der Waals surface area contributed by atoms with Gasteiger partial charge >= 0.3 is 0 Å². The van der Waals surface area contributed by atoms with Crippen molar-refractivity contribution in [3.8, 4) is 34.1 Å². The first kappa shape index (κ1) is 19.6. The molecule has 1 aliphatic rings. The van der Waals surface area contributed by atoms with Gasteiger partial charge in [-0.1, -0.05) is 66.7 Å². The Bertz CT molecular complexity index is 1610. The van der Waals surface area contributed by atoms with Crippen molar-refractivity contribution >= 4 is 20.6 Å². The number of hydrogen-bond acceptors (Lipinski definition) is 4. The summed E-state index contributed by atoms with van der Waals surface area (Å²) in [4.78, 5) is 0.537. The molecule has 33 heavy (non-hydrogen) atoms. The van der Waals surface area contributed by atoms with E-state index in [2.05, 4.69) is 0 Å². The Morgan fingerprint density at radius 3 is 1.82 bits per heavy atom. The third-order valence-electron chi connectivity index (χ3n) is 5.77. The van der Waals surface area contributed by atoms with E-state index in [1.807, 2.05) is 66.7 Å². The molecular weight excluding hydrogens is 432 g/mol. The van der Waals surface area contributed by atoms with Crippen LogP contribution in [0.2, 0.25) is 0 Å². The fourth-order valence-electron chi connectivity index (χ4n) is 4.14. The molecule has 4 nitrogen and oxygen atoms in total. The van der Waals surface area contributed by atoms with Crippen molar-refractivity contribution in [2.24, 2.45) is 0 Å². The summed E-state index contributed by atoms with van der Waals surface area (Å²) in [5, 5.41) is 1.93. The summed E-state index contributed by atoms with van der Waals surface area (Å²) < 4.78 is 38.3. The Labute approximate surface area is 191 Å². The Balaban J connectivity index is 1.47. The van der Waals surface area contributed by atoms with Gasteiger partial charge in [-0.25, -0.2) is 8.42 Å². The molecule has 0 bridgehead atoms. The molecule has 0 aromatic heterocycles. The van der Waals surface area contributed by atoms with Gasteiger partial charge in [-0.05, 0) is 59.0 Å². The van der Waals surface area contributed by atoms with Crippen LogP contribution in [0.4, 0.5) is 0 Å². The van der Waals surface area contributed by atoms with Crippen LogP contribution in [0.15, 0.2) is 119 Å². The minimum Gasteiger partial charge on any atom is -0.449 e. The van der Waals surface area contributed by atoms with E-state index in [0.29, 0.717) is 23.0 Å². The maximum absolute atomic E-state index is 13.0. The zero-order valence-corrected chi connectivity index (χ0v) is 18.3. The maximum atomic E-state index is 13.0. The lowest BCUT2D eigenvalue weighted by molar-refractivity contribution is 0.363. The second-order valence-corrected chi connectivity index (χ2v) is 9.74. The standard InChI is InChI=1S/C28H18O4S/c29-33(30,20-8-2-1-3-9-20)21-16-14-19(15-17-21)24-18-27-28(23-11-5-4-10-22(23)24)32-26-13-7-6-12-25(26)31-27/h1-18H. The van der Waals surface area contributed by atoms with Crippen molar-refractivity contribution in [1.82, 2.24) is 0 Å². The average molecular weight is 451 g/mol. The number of rotatable bonds is 3. The van der Waals surface area contributed by atoms with E-state index >= 15 is 0 Å². The molecule has 1 heterocycles. The summed E-state index contributed by atoms with van der Waals surface area (Å²) >= 11 is 0. The highest BCUT2D eigenvalue weighted by atomic mass is 32.2. The van der Waals surface area contributed by atoms with E-state index in [9.17, 15) is 8.42 Å². The van der Waals surface area contributed by atoms with Crippen molar-refractivity contribution in [2.75, 3.05) is 0 Å². The summed E-state index contributed by atoms with van der Waals surface area (Å²) in [5.41, 5.74) is 1.83. The smallest absolute Gasteiger partial charge is 0.206 e. The normalized spacial score (nSPS) is 12.4. The van der Waals surface area contributed by atoms with Gasteiger partial charge in [0.2, 0.25) is 9.84 Å². The second kappa shape index (κ2) is 7.50. The minimum absolute atomic E-state index is 0.258. The molecule has 0 N–H and O–H groups in total. The first-order valence-corrected chi connectivity index (χ1v) is 12.0. The van der Waals surface area contributed by atoms with Gasteiger partial charge in [-0.2, -0.15) is 0 Å². The fraction of sp³-hybridized carbons (Fsp3) is 0. The van der Waals surface area contributed by atoms with Crippen LogP contribution in [-0.4, -0.2) is 8.42 Å². The van der Waals surface area contributed by atoms with Gasteiger partial charge < -0.3 is 9.47 Å². The molecule has 0 saturated heterocycles. The van der Waals surface area contributed by atoms with E-state index in [4.69, 9.17) is 9.47 Å². The fourth-order valence-corrected chi connectivity index (χ4v) is 5.42. The Morgan fingerprint density at radius 2 is 1.09 bits per heavy atom. The molecule has 0 unspecified atom stereocenters. The third kappa shape index (κ3) is 3.25. The van der Waals surface area contributed by atoms with E-state index in [0.717, 1.165) is 21.9 Å². The SMILES string of the molecule is O=S(=O)(c1ccccc1)c1ccc(-c2cc3c(c4ccccc24)Oc2ccccc2O3)cc1. The van der Waals surface area contributed by atoms with Crippen molar-refractivity contribution < 1.29 is 17.9 Å². The van der Waals surface area contributed by atoms with Crippen molar-refractivity contribution in [3.05, 3.63) is 109 Å². The van der Waals surface area contributed by atoms with Gasteiger partial charge in [0.05, 0.1) is 9.79 Å². The number of ether oxygens (including phenoxy) is 2. The third-order valence-corrected chi connectivity index (χ3v) is 7.56. The Kier molecular flexibility index (Phi) is 4.45. The molecule has 1 aliphatic heterocycles. The first-order valence-electron chi connectivity index (χ1n) is 10.5. The van der Waals surface area contributed by atoms with Crippen LogP contribution in [-0.2, 0) is 9.84 Å². The van der Waals surface area contributed by atoms with Gasteiger partial charge in [0, 0.05) is 5.39 Å². The molecule has 5 aromatic carbocycles. The van der Waals surface area contributed by atoms with Crippen LogP contribution >= 0.6 is 0 Å². The molecule has 0 amide bonds. The molecular formula is C28H18O4S. The Hall–Kier alpha value is -4.09. The number of fused-ring (bicyclic) bond motifs is 4. The highest BCUT2D eigenvalue weighted by Crippen LogP contribution is 2.50. The molecule has 0 aliphatic carbocycles.